The first-order chi connectivity index (χ1) is 10.1. The molecule has 3 atom stereocenters. The zero-order valence-electron chi connectivity index (χ0n) is 13.2. The third-order valence-electron chi connectivity index (χ3n) is 6.39. The van der Waals surface area contributed by atoms with Gasteiger partial charge in [-0.3, -0.25) is 4.79 Å². The summed E-state index contributed by atoms with van der Waals surface area (Å²) in [6.45, 7) is 8.10. The molecule has 0 aromatic heterocycles. The molecule has 4 heteroatoms. The number of nitrogens with zero attached hydrogens (tertiary/aromatic N) is 2. The SMILES string of the molecule is CCN1CCC2(CC1)C[C@@H]1C[C@H]3C=C[C@@]1(CN2C(C)=O)O3. The molecule has 0 aromatic rings. The molecule has 3 fully saturated rings. The molecule has 0 aliphatic carbocycles. The van der Waals surface area contributed by atoms with Gasteiger partial charge in [-0.1, -0.05) is 19.1 Å². The van der Waals surface area contributed by atoms with Crippen molar-refractivity contribution in [2.75, 3.05) is 26.2 Å². The third kappa shape index (κ3) is 1.92. The minimum atomic E-state index is -0.163. The van der Waals surface area contributed by atoms with Gasteiger partial charge in [0, 0.05) is 25.6 Å². The average molecular weight is 290 g/mol. The summed E-state index contributed by atoms with van der Waals surface area (Å²) in [6.07, 6.45) is 9.28. The molecule has 0 N–H and O–H groups in total. The first kappa shape index (κ1) is 13.8. The highest BCUT2D eigenvalue weighted by molar-refractivity contribution is 5.74. The van der Waals surface area contributed by atoms with E-state index >= 15 is 0 Å². The van der Waals surface area contributed by atoms with Crippen LogP contribution in [0.4, 0.5) is 0 Å². The highest BCUT2D eigenvalue weighted by Gasteiger charge is 2.59. The molecule has 4 aliphatic rings. The molecular weight excluding hydrogens is 264 g/mol. The Morgan fingerprint density at radius 1 is 1.38 bits per heavy atom. The van der Waals surface area contributed by atoms with Gasteiger partial charge < -0.3 is 14.5 Å². The van der Waals surface area contributed by atoms with Crippen LogP contribution in [0.2, 0.25) is 0 Å². The normalized spacial score (nSPS) is 40.8. The van der Waals surface area contributed by atoms with Gasteiger partial charge in [0.05, 0.1) is 12.6 Å². The summed E-state index contributed by atoms with van der Waals surface area (Å²) < 4.78 is 6.21. The first-order valence-electron chi connectivity index (χ1n) is 8.45. The summed E-state index contributed by atoms with van der Waals surface area (Å²) in [6, 6.07) is 0. The van der Waals surface area contributed by atoms with Crippen LogP contribution in [0.5, 0.6) is 0 Å². The summed E-state index contributed by atoms with van der Waals surface area (Å²) in [5.41, 5.74) is -0.0709. The Balaban J connectivity index is 1.62. The molecule has 2 bridgehead atoms. The van der Waals surface area contributed by atoms with E-state index in [4.69, 9.17) is 4.74 Å². The number of piperidine rings is 2. The van der Waals surface area contributed by atoms with E-state index in [0.29, 0.717) is 12.0 Å². The summed E-state index contributed by atoms with van der Waals surface area (Å²) in [5.74, 6) is 0.830. The fourth-order valence-electron chi connectivity index (χ4n) is 5.13. The van der Waals surface area contributed by atoms with Gasteiger partial charge in [-0.25, -0.2) is 0 Å². The third-order valence-corrected chi connectivity index (χ3v) is 6.39. The Labute approximate surface area is 127 Å². The number of ether oxygens (including phenoxy) is 1. The molecule has 116 valence electrons. The lowest BCUT2D eigenvalue weighted by Gasteiger charge is -2.56. The van der Waals surface area contributed by atoms with Crippen LogP contribution in [0, 0.1) is 5.92 Å². The minimum absolute atomic E-state index is 0.0924. The van der Waals surface area contributed by atoms with Gasteiger partial charge in [0.15, 0.2) is 0 Å². The molecule has 0 unspecified atom stereocenters. The maximum Gasteiger partial charge on any atom is 0.220 e. The number of hydrogen-bond donors (Lipinski definition) is 0. The first-order valence-corrected chi connectivity index (χ1v) is 8.45. The van der Waals surface area contributed by atoms with Crippen molar-refractivity contribution in [1.29, 1.82) is 0 Å². The number of carbonyl (C=O) groups is 1. The summed E-state index contributed by atoms with van der Waals surface area (Å²) in [7, 11) is 0. The van der Waals surface area contributed by atoms with Crippen LogP contribution in [0.25, 0.3) is 0 Å². The van der Waals surface area contributed by atoms with Gasteiger partial charge in [-0.2, -0.15) is 0 Å². The molecule has 21 heavy (non-hydrogen) atoms. The lowest BCUT2D eigenvalue weighted by atomic mass is 9.67. The molecule has 4 aliphatic heterocycles. The van der Waals surface area contributed by atoms with E-state index in [1.54, 1.807) is 6.92 Å². The topological polar surface area (TPSA) is 32.8 Å². The van der Waals surface area contributed by atoms with Crippen LogP contribution < -0.4 is 0 Å². The predicted molar refractivity (Wildman–Crippen MR) is 80.9 cm³/mol. The average Bonchev–Trinajstić information content (AvgIpc) is 3.03. The lowest BCUT2D eigenvalue weighted by Crippen LogP contribution is -2.66. The predicted octanol–water partition coefficient (Wildman–Crippen LogP) is 1.81. The smallest absolute Gasteiger partial charge is 0.220 e. The highest BCUT2D eigenvalue weighted by atomic mass is 16.5. The van der Waals surface area contributed by atoms with Crippen molar-refractivity contribution in [2.24, 2.45) is 5.92 Å². The molecule has 0 saturated carbocycles. The van der Waals surface area contributed by atoms with Crippen molar-refractivity contribution in [2.45, 2.75) is 56.8 Å². The fourth-order valence-corrected chi connectivity index (χ4v) is 5.13. The van der Waals surface area contributed by atoms with Crippen molar-refractivity contribution in [3.63, 3.8) is 0 Å². The second kappa shape index (κ2) is 4.56. The molecule has 2 spiro atoms. The van der Waals surface area contributed by atoms with E-state index < -0.39 is 0 Å². The van der Waals surface area contributed by atoms with Crippen molar-refractivity contribution in [3.05, 3.63) is 12.2 Å². The maximum atomic E-state index is 12.3. The van der Waals surface area contributed by atoms with E-state index in [2.05, 4.69) is 28.9 Å². The summed E-state index contributed by atoms with van der Waals surface area (Å²) >= 11 is 0. The number of rotatable bonds is 1. The number of amides is 1. The Bertz CT molecular complexity index is 481. The van der Waals surface area contributed by atoms with E-state index in [1.165, 1.54) is 0 Å². The Morgan fingerprint density at radius 3 is 2.76 bits per heavy atom. The second-order valence-corrected chi connectivity index (χ2v) is 7.37. The standard InChI is InChI=1S/C17H26N2O2/c1-3-18-8-6-16(7-9-18)11-14-10-15-4-5-17(14,21-15)12-19(16)13(2)20/h4-5,14-15H,3,6-12H2,1-2H3/t14-,15+,17-/m0/s1. The zero-order chi connectivity index (χ0) is 14.7. The van der Waals surface area contributed by atoms with E-state index in [-0.39, 0.29) is 17.0 Å². The van der Waals surface area contributed by atoms with Crippen LogP contribution >= 0.6 is 0 Å². The maximum absolute atomic E-state index is 12.3. The van der Waals surface area contributed by atoms with Gasteiger partial charge >= 0.3 is 0 Å². The van der Waals surface area contributed by atoms with Crippen molar-refractivity contribution in [3.8, 4) is 0 Å². The number of hydrogen-bond acceptors (Lipinski definition) is 3. The summed E-state index contributed by atoms with van der Waals surface area (Å²) in [5, 5.41) is 0. The van der Waals surface area contributed by atoms with Crippen molar-refractivity contribution >= 4 is 5.91 Å². The van der Waals surface area contributed by atoms with Gasteiger partial charge in [-0.15, -0.1) is 0 Å². The van der Waals surface area contributed by atoms with Crippen LogP contribution in [0.1, 0.15) is 39.5 Å². The molecule has 0 radical (unpaired) electrons. The molecule has 0 aromatic carbocycles. The van der Waals surface area contributed by atoms with Crippen molar-refractivity contribution in [1.82, 2.24) is 9.80 Å². The Morgan fingerprint density at radius 2 is 2.14 bits per heavy atom. The zero-order valence-corrected chi connectivity index (χ0v) is 13.2. The number of fused-ring (bicyclic) bond motifs is 1. The quantitative estimate of drug-likeness (QED) is 0.691. The Kier molecular flexibility index (Phi) is 2.99. The minimum Gasteiger partial charge on any atom is -0.361 e. The fraction of sp³-hybridized carbons (Fsp3) is 0.824. The van der Waals surface area contributed by atoms with E-state index in [0.717, 1.165) is 51.9 Å². The van der Waals surface area contributed by atoms with E-state index in [9.17, 15) is 4.79 Å². The van der Waals surface area contributed by atoms with Gasteiger partial charge in [0.25, 0.3) is 0 Å². The van der Waals surface area contributed by atoms with E-state index in [1.807, 2.05) is 0 Å². The van der Waals surface area contributed by atoms with Crippen LogP contribution in [-0.2, 0) is 9.53 Å². The van der Waals surface area contributed by atoms with Gasteiger partial charge in [0.2, 0.25) is 5.91 Å². The molecule has 4 rings (SSSR count). The van der Waals surface area contributed by atoms with Crippen LogP contribution in [0.3, 0.4) is 0 Å². The number of likely N-dealkylation sites (tertiary alicyclic amines) is 2. The van der Waals surface area contributed by atoms with Crippen LogP contribution in [0.15, 0.2) is 12.2 Å². The van der Waals surface area contributed by atoms with Crippen LogP contribution in [-0.4, -0.2) is 59.1 Å². The van der Waals surface area contributed by atoms with Gasteiger partial charge in [-0.05, 0) is 38.1 Å². The Hall–Kier alpha value is -0.870. The number of carbonyl (C=O) groups excluding carboxylic acids is 1. The largest absolute Gasteiger partial charge is 0.361 e. The highest BCUT2D eigenvalue weighted by Crippen LogP contribution is 2.53. The molecule has 1 amide bonds. The molecule has 4 heterocycles. The lowest BCUT2D eigenvalue weighted by molar-refractivity contribution is -0.154. The second-order valence-electron chi connectivity index (χ2n) is 7.37. The molecular formula is C17H26N2O2. The van der Waals surface area contributed by atoms with Gasteiger partial charge in [0.1, 0.15) is 5.60 Å². The molecule has 3 saturated heterocycles. The summed E-state index contributed by atoms with van der Waals surface area (Å²) in [4.78, 5) is 17.0. The monoisotopic (exact) mass is 290 g/mol. The molecule has 4 nitrogen and oxygen atoms in total. The van der Waals surface area contributed by atoms with Crippen molar-refractivity contribution < 1.29 is 9.53 Å².